The number of amides is 1. The van der Waals surface area contributed by atoms with E-state index in [0.29, 0.717) is 5.75 Å². The van der Waals surface area contributed by atoms with Gasteiger partial charge < -0.3 is 10.0 Å². The summed E-state index contributed by atoms with van der Waals surface area (Å²) in [6, 6.07) is 0.273. The molecule has 16 heavy (non-hydrogen) atoms. The van der Waals surface area contributed by atoms with Crippen molar-refractivity contribution in [1.82, 2.24) is 4.90 Å². The van der Waals surface area contributed by atoms with Gasteiger partial charge in [0.15, 0.2) is 0 Å². The number of carbonyl (C=O) groups is 1. The summed E-state index contributed by atoms with van der Waals surface area (Å²) in [6.45, 7) is 4.80. The summed E-state index contributed by atoms with van der Waals surface area (Å²) in [5.74, 6) is 1.91. The molecule has 1 fully saturated rings. The number of hydrogen-bond donors (Lipinski definition) is 1. The molecule has 0 aromatic carbocycles. The van der Waals surface area contributed by atoms with Crippen LogP contribution in [0.4, 0.5) is 0 Å². The van der Waals surface area contributed by atoms with E-state index in [4.69, 9.17) is 0 Å². The minimum absolute atomic E-state index is 0.251. The highest BCUT2D eigenvalue weighted by molar-refractivity contribution is 7.99. The second kappa shape index (κ2) is 7.17. The van der Waals surface area contributed by atoms with E-state index in [-0.39, 0.29) is 18.1 Å². The Morgan fingerprint density at radius 1 is 1.62 bits per heavy atom. The van der Waals surface area contributed by atoms with Gasteiger partial charge in [0.05, 0.1) is 11.9 Å². The maximum absolute atomic E-state index is 11.9. The fourth-order valence-electron chi connectivity index (χ4n) is 2.19. The number of likely N-dealkylation sites (tertiary alicyclic amines) is 1. The molecule has 2 atom stereocenters. The normalized spacial score (nSPS) is 22.4. The van der Waals surface area contributed by atoms with E-state index in [1.807, 2.05) is 4.90 Å². The van der Waals surface area contributed by atoms with Gasteiger partial charge in [-0.1, -0.05) is 6.92 Å². The molecule has 0 radical (unpaired) electrons. The molecule has 3 nitrogen and oxygen atoms in total. The molecule has 0 aromatic rings. The van der Waals surface area contributed by atoms with Crippen molar-refractivity contribution in [3.63, 3.8) is 0 Å². The first-order chi connectivity index (χ1) is 7.65. The number of carbonyl (C=O) groups excluding carboxylic acids is 1. The summed E-state index contributed by atoms with van der Waals surface area (Å²) >= 11 is 1.72. The van der Waals surface area contributed by atoms with E-state index in [1.54, 1.807) is 18.7 Å². The van der Waals surface area contributed by atoms with Gasteiger partial charge >= 0.3 is 0 Å². The molecule has 1 N–H and O–H groups in total. The first-order valence-electron chi connectivity index (χ1n) is 6.20. The Labute approximate surface area is 103 Å². The Bertz CT molecular complexity index is 221. The van der Waals surface area contributed by atoms with Crippen molar-refractivity contribution in [3.8, 4) is 0 Å². The van der Waals surface area contributed by atoms with Crippen molar-refractivity contribution in [1.29, 1.82) is 0 Å². The van der Waals surface area contributed by atoms with Crippen LogP contribution in [0, 0.1) is 0 Å². The van der Waals surface area contributed by atoms with Crippen LogP contribution in [-0.4, -0.2) is 46.1 Å². The lowest BCUT2D eigenvalue weighted by Gasteiger charge is -2.25. The maximum atomic E-state index is 11.9. The van der Waals surface area contributed by atoms with Crippen molar-refractivity contribution in [2.75, 3.05) is 18.1 Å². The van der Waals surface area contributed by atoms with Crippen molar-refractivity contribution in [2.24, 2.45) is 0 Å². The third-order valence-corrected chi connectivity index (χ3v) is 4.03. The van der Waals surface area contributed by atoms with Crippen LogP contribution in [0.1, 0.15) is 39.5 Å². The highest BCUT2D eigenvalue weighted by atomic mass is 32.2. The smallest absolute Gasteiger partial charge is 0.232 e. The van der Waals surface area contributed by atoms with E-state index >= 15 is 0 Å². The second-order valence-electron chi connectivity index (χ2n) is 4.52. The third-order valence-electron chi connectivity index (χ3n) is 2.88. The Kier molecular flexibility index (Phi) is 6.21. The van der Waals surface area contributed by atoms with Crippen LogP contribution in [-0.2, 0) is 4.79 Å². The van der Waals surface area contributed by atoms with Gasteiger partial charge in [0.2, 0.25) is 5.91 Å². The molecule has 0 spiro atoms. The molecule has 1 heterocycles. The standard InChI is InChI=1S/C12H23NO2S/c1-3-7-16-9-12(15)13-6-4-5-11(13)8-10(2)14/h10-11,14H,3-9H2,1-2H3. The van der Waals surface area contributed by atoms with Crippen LogP contribution >= 0.6 is 11.8 Å². The molecular weight excluding hydrogens is 222 g/mol. The predicted octanol–water partition coefficient (Wildman–Crippen LogP) is 1.89. The van der Waals surface area contributed by atoms with Crippen molar-refractivity contribution in [3.05, 3.63) is 0 Å². The Morgan fingerprint density at radius 2 is 2.38 bits per heavy atom. The molecule has 1 aliphatic rings. The lowest BCUT2D eigenvalue weighted by molar-refractivity contribution is -0.129. The van der Waals surface area contributed by atoms with Gasteiger partial charge in [-0.3, -0.25) is 4.79 Å². The molecule has 0 saturated carbocycles. The number of aliphatic hydroxyl groups excluding tert-OH is 1. The monoisotopic (exact) mass is 245 g/mol. The first-order valence-corrected chi connectivity index (χ1v) is 7.36. The van der Waals surface area contributed by atoms with Gasteiger partial charge in [-0.05, 0) is 38.4 Å². The quantitative estimate of drug-likeness (QED) is 0.727. The van der Waals surface area contributed by atoms with E-state index in [2.05, 4.69) is 6.92 Å². The highest BCUT2D eigenvalue weighted by Crippen LogP contribution is 2.22. The number of rotatable bonds is 6. The summed E-state index contributed by atoms with van der Waals surface area (Å²) in [7, 11) is 0. The van der Waals surface area contributed by atoms with E-state index in [0.717, 1.165) is 38.0 Å². The van der Waals surface area contributed by atoms with Gasteiger partial charge in [0, 0.05) is 12.6 Å². The molecule has 4 heteroatoms. The van der Waals surface area contributed by atoms with Gasteiger partial charge in [-0.25, -0.2) is 0 Å². The zero-order chi connectivity index (χ0) is 12.0. The van der Waals surface area contributed by atoms with Crippen LogP contribution in [0.5, 0.6) is 0 Å². The maximum Gasteiger partial charge on any atom is 0.232 e. The van der Waals surface area contributed by atoms with Crippen LogP contribution in [0.3, 0.4) is 0 Å². The molecule has 1 aliphatic heterocycles. The molecule has 1 amide bonds. The van der Waals surface area contributed by atoms with E-state index < -0.39 is 0 Å². The summed E-state index contributed by atoms with van der Waals surface area (Å²) in [5.41, 5.74) is 0. The second-order valence-corrected chi connectivity index (χ2v) is 5.63. The third kappa shape index (κ3) is 4.34. The summed E-state index contributed by atoms with van der Waals surface area (Å²) in [4.78, 5) is 13.9. The van der Waals surface area contributed by atoms with Gasteiger partial charge in [0.1, 0.15) is 0 Å². The molecule has 0 aromatic heterocycles. The Balaban J connectivity index is 2.35. The molecular formula is C12H23NO2S. The summed E-state index contributed by atoms with van der Waals surface area (Å²) in [5, 5.41) is 9.38. The van der Waals surface area contributed by atoms with Gasteiger partial charge in [-0.15, -0.1) is 0 Å². The Morgan fingerprint density at radius 3 is 3.00 bits per heavy atom. The highest BCUT2D eigenvalue weighted by Gasteiger charge is 2.28. The van der Waals surface area contributed by atoms with Crippen LogP contribution in [0.15, 0.2) is 0 Å². The van der Waals surface area contributed by atoms with Crippen LogP contribution < -0.4 is 0 Å². The van der Waals surface area contributed by atoms with E-state index in [1.165, 1.54) is 0 Å². The molecule has 94 valence electrons. The number of thioether (sulfide) groups is 1. The fourth-order valence-corrected chi connectivity index (χ4v) is 2.96. The van der Waals surface area contributed by atoms with Crippen LogP contribution in [0.25, 0.3) is 0 Å². The van der Waals surface area contributed by atoms with Gasteiger partial charge in [0.25, 0.3) is 0 Å². The zero-order valence-electron chi connectivity index (χ0n) is 10.3. The fraction of sp³-hybridized carbons (Fsp3) is 0.917. The molecule has 2 unspecified atom stereocenters. The minimum Gasteiger partial charge on any atom is -0.393 e. The zero-order valence-corrected chi connectivity index (χ0v) is 11.1. The van der Waals surface area contributed by atoms with Crippen molar-refractivity contribution >= 4 is 17.7 Å². The van der Waals surface area contributed by atoms with Gasteiger partial charge in [-0.2, -0.15) is 11.8 Å². The number of hydrogen-bond acceptors (Lipinski definition) is 3. The van der Waals surface area contributed by atoms with Crippen molar-refractivity contribution in [2.45, 2.75) is 51.7 Å². The minimum atomic E-state index is -0.304. The largest absolute Gasteiger partial charge is 0.393 e. The average Bonchev–Trinajstić information content (AvgIpc) is 2.65. The molecule has 1 saturated heterocycles. The van der Waals surface area contributed by atoms with Crippen molar-refractivity contribution < 1.29 is 9.90 Å². The summed E-state index contributed by atoms with van der Waals surface area (Å²) in [6.07, 6.45) is 3.68. The SMILES string of the molecule is CCCSCC(=O)N1CCCC1CC(C)O. The lowest BCUT2D eigenvalue weighted by Crippen LogP contribution is -2.38. The number of aliphatic hydroxyl groups is 1. The molecule has 1 rings (SSSR count). The van der Waals surface area contributed by atoms with Crippen LogP contribution in [0.2, 0.25) is 0 Å². The Hall–Kier alpha value is -0.220. The number of nitrogens with zero attached hydrogens (tertiary/aromatic N) is 1. The first kappa shape index (κ1) is 13.8. The lowest BCUT2D eigenvalue weighted by atomic mass is 10.1. The average molecular weight is 245 g/mol. The topological polar surface area (TPSA) is 40.5 Å². The molecule has 0 bridgehead atoms. The van der Waals surface area contributed by atoms with E-state index in [9.17, 15) is 9.90 Å². The summed E-state index contributed by atoms with van der Waals surface area (Å²) < 4.78 is 0. The predicted molar refractivity (Wildman–Crippen MR) is 68.6 cm³/mol. The molecule has 0 aliphatic carbocycles.